The molecule has 0 radical (unpaired) electrons. The molecule has 0 saturated heterocycles. The van der Waals surface area contributed by atoms with Gasteiger partial charge >= 0.3 is 5.69 Å². The van der Waals surface area contributed by atoms with E-state index in [2.05, 4.69) is 4.98 Å². The van der Waals surface area contributed by atoms with E-state index < -0.39 is 5.69 Å². The fraction of sp³-hybridized carbons (Fsp3) is 0.692. The summed E-state index contributed by atoms with van der Waals surface area (Å²) in [6, 6.07) is 0. The number of aromatic amines is 1. The van der Waals surface area contributed by atoms with E-state index in [0.29, 0.717) is 12.1 Å². The van der Waals surface area contributed by atoms with E-state index in [9.17, 15) is 9.59 Å². The molecule has 19 heavy (non-hydrogen) atoms. The van der Waals surface area contributed by atoms with Crippen molar-refractivity contribution in [2.75, 3.05) is 6.26 Å². The number of hydrogen-bond donors (Lipinski definition) is 1. The smallest absolute Gasteiger partial charge is 0.297 e. The van der Waals surface area contributed by atoms with E-state index in [1.807, 2.05) is 20.1 Å². The fourth-order valence-corrected chi connectivity index (χ4v) is 3.83. The summed E-state index contributed by atoms with van der Waals surface area (Å²) >= 11 is 7.72. The van der Waals surface area contributed by atoms with Gasteiger partial charge in [-0.2, -0.15) is 11.8 Å². The summed E-state index contributed by atoms with van der Waals surface area (Å²) in [7, 11) is 0. The maximum absolute atomic E-state index is 12.4. The zero-order chi connectivity index (χ0) is 14.2. The lowest BCUT2D eigenvalue weighted by Gasteiger charge is -2.40. The van der Waals surface area contributed by atoms with Crippen LogP contribution in [0.15, 0.2) is 9.59 Å². The van der Waals surface area contributed by atoms with Crippen molar-refractivity contribution in [3.05, 3.63) is 31.6 Å². The number of halogens is 1. The van der Waals surface area contributed by atoms with Crippen molar-refractivity contribution < 1.29 is 0 Å². The summed E-state index contributed by atoms with van der Waals surface area (Å²) < 4.78 is 1.36. The van der Waals surface area contributed by atoms with Crippen molar-refractivity contribution in [2.24, 2.45) is 0 Å². The maximum Gasteiger partial charge on any atom is 0.329 e. The third-order valence-corrected chi connectivity index (χ3v) is 5.60. The van der Waals surface area contributed by atoms with Gasteiger partial charge in [-0.1, -0.05) is 31.9 Å². The molecule has 0 aromatic carbocycles. The molecular weight excluding hydrogens is 284 g/mol. The zero-order valence-corrected chi connectivity index (χ0v) is 13.0. The Labute approximate surface area is 121 Å². The van der Waals surface area contributed by atoms with Gasteiger partial charge in [-0.05, 0) is 25.0 Å². The standard InChI is InChI=1S/C13H19ClN2O2S/c1-8(2)9-10(14)15-12(18)16(11(9)17)7-13(19-3)5-4-6-13/h8H,4-7H2,1-3H3,(H,15,18). The second-order valence-electron chi connectivity index (χ2n) is 5.44. The molecule has 106 valence electrons. The van der Waals surface area contributed by atoms with Crippen LogP contribution in [0, 0.1) is 0 Å². The molecule has 1 fully saturated rings. The molecule has 4 nitrogen and oxygen atoms in total. The topological polar surface area (TPSA) is 54.9 Å². The lowest BCUT2D eigenvalue weighted by Crippen LogP contribution is -2.47. The largest absolute Gasteiger partial charge is 0.329 e. The second-order valence-corrected chi connectivity index (χ2v) is 7.10. The first kappa shape index (κ1) is 14.7. The van der Waals surface area contributed by atoms with Crippen molar-refractivity contribution in [1.29, 1.82) is 0 Å². The molecule has 0 aliphatic heterocycles. The van der Waals surface area contributed by atoms with Gasteiger partial charge in [0.15, 0.2) is 0 Å². The molecule has 2 rings (SSSR count). The van der Waals surface area contributed by atoms with Gasteiger partial charge in [-0.15, -0.1) is 0 Å². The SMILES string of the molecule is CSC1(Cn2c(=O)[nH]c(Cl)c(C(C)C)c2=O)CCC1. The van der Waals surface area contributed by atoms with Crippen LogP contribution in [-0.2, 0) is 6.54 Å². The normalized spacial score (nSPS) is 17.5. The number of hydrogen-bond acceptors (Lipinski definition) is 3. The molecule has 1 heterocycles. The first-order chi connectivity index (χ1) is 8.90. The molecule has 1 aliphatic carbocycles. The summed E-state index contributed by atoms with van der Waals surface area (Å²) in [6.07, 6.45) is 5.31. The van der Waals surface area contributed by atoms with Crippen LogP contribution in [0.1, 0.15) is 44.6 Å². The number of aromatic nitrogens is 2. The quantitative estimate of drug-likeness (QED) is 0.870. The van der Waals surface area contributed by atoms with E-state index in [4.69, 9.17) is 11.6 Å². The van der Waals surface area contributed by atoms with E-state index in [1.54, 1.807) is 11.8 Å². The van der Waals surface area contributed by atoms with Crippen LogP contribution in [0.25, 0.3) is 0 Å². The van der Waals surface area contributed by atoms with Gasteiger partial charge < -0.3 is 0 Å². The Morgan fingerprint density at radius 1 is 1.42 bits per heavy atom. The average molecular weight is 303 g/mol. The van der Waals surface area contributed by atoms with Crippen LogP contribution in [0.2, 0.25) is 5.15 Å². The predicted octanol–water partition coefficient (Wildman–Crippen LogP) is 2.60. The van der Waals surface area contributed by atoms with Gasteiger partial charge in [-0.3, -0.25) is 14.3 Å². The monoisotopic (exact) mass is 302 g/mol. The Morgan fingerprint density at radius 2 is 2.05 bits per heavy atom. The molecule has 0 spiro atoms. The van der Waals surface area contributed by atoms with Crippen molar-refractivity contribution in [2.45, 2.75) is 50.3 Å². The Hall–Kier alpha value is -0.680. The predicted molar refractivity (Wildman–Crippen MR) is 80.5 cm³/mol. The Balaban J connectivity index is 2.49. The molecule has 1 aromatic heterocycles. The van der Waals surface area contributed by atoms with Gasteiger partial charge in [0.05, 0.1) is 5.56 Å². The molecule has 1 aromatic rings. The highest BCUT2D eigenvalue weighted by molar-refractivity contribution is 8.00. The average Bonchev–Trinajstić information content (AvgIpc) is 2.26. The second kappa shape index (κ2) is 5.37. The highest BCUT2D eigenvalue weighted by atomic mass is 35.5. The van der Waals surface area contributed by atoms with Crippen LogP contribution in [0.3, 0.4) is 0 Å². The van der Waals surface area contributed by atoms with Crippen LogP contribution >= 0.6 is 23.4 Å². The third-order valence-electron chi connectivity index (χ3n) is 3.90. The molecule has 0 atom stereocenters. The first-order valence-electron chi connectivity index (χ1n) is 6.48. The van der Waals surface area contributed by atoms with Crippen LogP contribution < -0.4 is 11.2 Å². The molecule has 1 saturated carbocycles. The summed E-state index contributed by atoms with van der Waals surface area (Å²) in [5, 5.41) is 0.174. The van der Waals surface area contributed by atoms with Gasteiger partial charge in [-0.25, -0.2) is 4.79 Å². The molecular formula is C13H19ClN2O2S. The Kier molecular flexibility index (Phi) is 4.16. The van der Waals surface area contributed by atoms with E-state index in [-0.39, 0.29) is 21.4 Å². The number of H-pyrrole nitrogens is 1. The zero-order valence-electron chi connectivity index (χ0n) is 11.5. The van der Waals surface area contributed by atoms with Crippen molar-refractivity contribution in [3.8, 4) is 0 Å². The molecule has 6 heteroatoms. The van der Waals surface area contributed by atoms with Crippen molar-refractivity contribution >= 4 is 23.4 Å². The van der Waals surface area contributed by atoms with Crippen LogP contribution in [-0.4, -0.2) is 20.6 Å². The van der Waals surface area contributed by atoms with Gasteiger partial charge in [0, 0.05) is 11.3 Å². The summed E-state index contributed by atoms with van der Waals surface area (Å²) in [5.41, 5.74) is -0.152. The van der Waals surface area contributed by atoms with E-state index in [0.717, 1.165) is 19.3 Å². The Bertz CT molecular complexity index is 582. The summed E-state index contributed by atoms with van der Waals surface area (Å²) in [4.78, 5) is 27.0. The first-order valence-corrected chi connectivity index (χ1v) is 8.08. The fourth-order valence-electron chi connectivity index (χ4n) is 2.49. The minimum absolute atomic E-state index is 0.00489. The highest BCUT2D eigenvalue weighted by Crippen LogP contribution is 2.43. The molecule has 1 N–H and O–H groups in total. The molecule has 0 unspecified atom stereocenters. The minimum atomic E-state index is -0.403. The molecule has 1 aliphatic rings. The van der Waals surface area contributed by atoms with Crippen LogP contribution in [0.4, 0.5) is 0 Å². The van der Waals surface area contributed by atoms with Crippen molar-refractivity contribution in [3.63, 3.8) is 0 Å². The number of nitrogens with one attached hydrogen (secondary N) is 1. The van der Waals surface area contributed by atoms with Crippen LogP contribution in [0.5, 0.6) is 0 Å². The highest BCUT2D eigenvalue weighted by Gasteiger charge is 2.37. The lowest BCUT2D eigenvalue weighted by molar-refractivity contribution is 0.313. The van der Waals surface area contributed by atoms with Gasteiger partial charge in [0.1, 0.15) is 5.15 Å². The Morgan fingerprint density at radius 3 is 2.47 bits per heavy atom. The van der Waals surface area contributed by atoms with Gasteiger partial charge in [0.2, 0.25) is 0 Å². The maximum atomic E-state index is 12.4. The molecule has 0 bridgehead atoms. The van der Waals surface area contributed by atoms with Crippen molar-refractivity contribution in [1.82, 2.24) is 9.55 Å². The number of thioether (sulfide) groups is 1. The van der Waals surface area contributed by atoms with Gasteiger partial charge in [0.25, 0.3) is 5.56 Å². The molecule has 0 amide bonds. The summed E-state index contributed by atoms with van der Waals surface area (Å²) in [5.74, 6) is -0.00489. The van der Waals surface area contributed by atoms with E-state index in [1.165, 1.54) is 4.57 Å². The lowest BCUT2D eigenvalue weighted by atomic mass is 9.84. The van der Waals surface area contributed by atoms with E-state index >= 15 is 0 Å². The number of rotatable bonds is 4. The minimum Gasteiger partial charge on any atom is -0.297 e. The third kappa shape index (κ3) is 2.63. The number of nitrogens with zero attached hydrogens (tertiary/aromatic N) is 1. The summed E-state index contributed by atoms with van der Waals surface area (Å²) in [6.45, 7) is 4.27.